The van der Waals surface area contributed by atoms with Crippen LogP contribution in [0.4, 0.5) is 5.69 Å². The van der Waals surface area contributed by atoms with Gasteiger partial charge in [0.15, 0.2) is 16.8 Å². The minimum atomic E-state index is -0.0885. The number of nitrogens with zero attached hydrogens (tertiary/aromatic N) is 3. The summed E-state index contributed by atoms with van der Waals surface area (Å²) in [4.78, 5) is 24.5. The number of amides is 1. The predicted octanol–water partition coefficient (Wildman–Crippen LogP) is 4.71. The number of aromatic nitrogens is 3. The summed E-state index contributed by atoms with van der Waals surface area (Å²) in [6.45, 7) is 2.05. The standard InChI is InChI=1S/C22H19ClN4O2S/c1-12-2-4-13(5-3-12)21-25-26-22(27(21)15-6-7-15)30-11-19(28)16-8-14-9-20(29)24-18(14)10-17(16)23/h2-5,8,10,15H,6-7,9,11H2,1H3,(H,24,29). The molecule has 1 amide bonds. The maximum Gasteiger partial charge on any atom is 0.228 e. The molecular formula is C22H19ClN4O2S. The Morgan fingerprint density at radius 2 is 2.00 bits per heavy atom. The number of rotatable bonds is 6. The summed E-state index contributed by atoms with van der Waals surface area (Å²) in [6, 6.07) is 12.0. The first-order chi connectivity index (χ1) is 14.5. The largest absolute Gasteiger partial charge is 0.325 e. The Bertz CT molecular complexity index is 1170. The van der Waals surface area contributed by atoms with Crippen molar-refractivity contribution in [3.05, 3.63) is 58.1 Å². The summed E-state index contributed by atoms with van der Waals surface area (Å²) in [5.74, 6) is 0.877. The first-order valence-corrected chi connectivity index (χ1v) is 11.2. The van der Waals surface area contributed by atoms with E-state index in [1.54, 1.807) is 12.1 Å². The van der Waals surface area contributed by atoms with Crippen LogP contribution in [-0.2, 0) is 11.2 Å². The number of carbonyl (C=O) groups excluding carboxylic acids is 2. The Kier molecular flexibility index (Phi) is 4.87. The number of hydrogen-bond donors (Lipinski definition) is 1. The molecule has 0 spiro atoms. The zero-order valence-electron chi connectivity index (χ0n) is 16.3. The normalized spacial score (nSPS) is 15.2. The molecule has 1 fully saturated rings. The number of anilines is 1. The average Bonchev–Trinajstić information content (AvgIpc) is 3.37. The lowest BCUT2D eigenvalue weighted by molar-refractivity contribution is -0.115. The number of hydrogen-bond acceptors (Lipinski definition) is 5. The molecule has 0 atom stereocenters. The number of carbonyl (C=O) groups is 2. The number of Topliss-reactive ketones (excluding diaryl/α,β-unsaturated/α-hetero) is 1. The Morgan fingerprint density at radius 3 is 2.73 bits per heavy atom. The van der Waals surface area contributed by atoms with E-state index in [4.69, 9.17) is 11.6 Å². The van der Waals surface area contributed by atoms with Crippen molar-refractivity contribution in [3.63, 3.8) is 0 Å². The highest BCUT2D eigenvalue weighted by atomic mass is 35.5. The van der Waals surface area contributed by atoms with Crippen molar-refractivity contribution in [1.29, 1.82) is 0 Å². The van der Waals surface area contributed by atoms with Gasteiger partial charge in [0.25, 0.3) is 0 Å². The van der Waals surface area contributed by atoms with Crippen molar-refractivity contribution in [2.24, 2.45) is 0 Å². The van der Waals surface area contributed by atoms with Crippen molar-refractivity contribution >= 4 is 40.7 Å². The number of thioether (sulfide) groups is 1. The highest BCUT2D eigenvalue weighted by Gasteiger charge is 2.30. The van der Waals surface area contributed by atoms with Crippen LogP contribution >= 0.6 is 23.4 Å². The number of ketones is 1. The van der Waals surface area contributed by atoms with Crippen LogP contribution in [0.3, 0.4) is 0 Å². The zero-order chi connectivity index (χ0) is 20.8. The number of halogens is 1. The molecule has 1 saturated carbocycles. The van der Waals surface area contributed by atoms with Crippen LogP contribution < -0.4 is 5.32 Å². The van der Waals surface area contributed by atoms with Gasteiger partial charge in [-0.3, -0.25) is 14.2 Å². The first-order valence-electron chi connectivity index (χ1n) is 9.80. The Morgan fingerprint density at radius 1 is 1.23 bits per heavy atom. The monoisotopic (exact) mass is 438 g/mol. The van der Waals surface area contributed by atoms with Gasteiger partial charge in [0.1, 0.15) is 0 Å². The molecule has 1 aliphatic heterocycles. The molecule has 1 aliphatic carbocycles. The molecule has 0 bridgehead atoms. The fourth-order valence-electron chi connectivity index (χ4n) is 3.61. The highest BCUT2D eigenvalue weighted by molar-refractivity contribution is 7.99. The third kappa shape index (κ3) is 3.63. The summed E-state index contributed by atoms with van der Waals surface area (Å²) in [6.07, 6.45) is 2.46. The summed E-state index contributed by atoms with van der Waals surface area (Å²) in [7, 11) is 0. The van der Waals surface area contributed by atoms with Gasteiger partial charge < -0.3 is 5.32 Å². The first kappa shape index (κ1) is 19.3. The molecule has 8 heteroatoms. The summed E-state index contributed by atoms with van der Waals surface area (Å²) in [5.41, 5.74) is 4.15. The molecule has 3 aromatic rings. The van der Waals surface area contributed by atoms with E-state index in [0.29, 0.717) is 22.3 Å². The van der Waals surface area contributed by atoms with Crippen molar-refractivity contribution < 1.29 is 9.59 Å². The second kappa shape index (κ2) is 7.56. The molecule has 0 saturated heterocycles. The molecule has 2 aromatic carbocycles. The van der Waals surface area contributed by atoms with Crippen molar-refractivity contribution in [3.8, 4) is 11.4 Å². The summed E-state index contributed by atoms with van der Waals surface area (Å²) in [5, 5.41) is 12.6. The second-order valence-corrected chi connectivity index (χ2v) is 9.05. The van der Waals surface area contributed by atoms with E-state index in [-0.39, 0.29) is 23.9 Å². The van der Waals surface area contributed by atoms with Gasteiger partial charge in [0.05, 0.1) is 17.2 Å². The van der Waals surface area contributed by atoms with Gasteiger partial charge >= 0.3 is 0 Å². The average molecular weight is 439 g/mol. The Balaban J connectivity index is 1.37. The van der Waals surface area contributed by atoms with Gasteiger partial charge in [-0.15, -0.1) is 10.2 Å². The van der Waals surface area contributed by atoms with Crippen LogP contribution in [0.25, 0.3) is 11.4 Å². The lowest BCUT2D eigenvalue weighted by Crippen LogP contribution is -2.06. The zero-order valence-corrected chi connectivity index (χ0v) is 17.9. The lowest BCUT2D eigenvalue weighted by atomic mass is 10.1. The van der Waals surface area contributed by atoms with Crippen LogP contribution in [0.1, 0.15) is 40.4 Å². The topological polar surface area (TPSA) is 76.9 Å². The molecule has 5 rings (SSSR count). The van der Waals surface area contributed by atoms with E-state index in [1.807, 2.05) is 0 Å². The molecule has 1 N–H and O–H groups in total. The molecule has 0 unspecified atom stereocenters. The Labute approximate surface area is 183 Å². The molecular weight excluding hydrogens is 420 g/mol. The molecule has 30 heavy (non-hydrogen) atoms. The number of benzene rings is 2. The summed E-state index contributed by atoms with van der Waals surface area (Å²) >= 11 is 7.68. The van der Waals surface area contributed by atoms with Crippen LogP contribution in [0.15, 0.2) is 41.6 Å². The van der Waals surface area contributed by atoms with Crippen LogP contribution in [0.5, 0.6) is 0 Å². The van der Waals surface area contributed by atoms with Gasteiger partial charge in [-0.25, -0.2) is 0 Å². The van der Waals surface area contributed by atoms with Crippen molar-refractivity contribution in [1.82, 2.24) is 14.8 Å². The maximum absolute atomic E-state index is 12.9. The molecule has 1 aromatic heterocycles. The second-order valence-electron chi connectivity index (χ2n) is 7.70. The van der Waals surface area contributed by atoms with E-state index in [1.165, 1.54) is 17.3 Å². The van der Waals surface area contributed by atoms with Crippen LogP contribution in [0.2, 0.25) is 5.02 Å². The van der Waals surface area contributed by atoms with E-state index >= 15 is 0 Å². The lowest BCUT2D eigenvalue weighted by Gasteiger charge is -2.10. The highest BCUT2D eigenvalue weighted by Crippen LogP contribution is 2.41. The van der Waals surface area contributed by atoms with Gasteiger partial charge in [0, 0.05) is 22.9 Å². The fraction of sp³-hybridized carbons (Fsp3) is 0.273. The maximum atomic E-state index is 12.9. The minimum Gasteiger partial charge on any atom is -0.325 e. The third-order valence-corrected chi connectivity index (χ3v) is 6.59. The van der Waals surface area contributed by atoms with Crippen LogP contribution in [-0.4, -0.2) is 32.2 Å². The molecule has 2 heterocycles. The molecule has 2 aliphatic rings. The smallest absolute Gasteiger partial charge is 0.228 e. The SMILES string of the molecule is Cc1ccc(-c2nnc(SCC(=O)c3cc4c(cc3Cl)NC(=O)C4)n2C2CC2)cc1. The Hall–Kier alpha value is -2.64. The number of nitrogens with one attached hydrogen (secondary N) is 1. The van der Waals surface area contributed by atoms with Gasteiger partial charge in [-0.2, -0.15) is 0 Å². The van der Waals surface area contributed by atoms with E-state index < -0.39 is 0 Å². The van der Waals surface area contributed by atoms with Gasteiger partial charge in [-0.05, 0) is 37.5 Å². The van der Waals surface area contributed by atoms with Crippen molar-refractivity contribution in [2.45, 2.75) is 37.4 Å². The predicted molar refractivity (Wildman–Crippen MR) is 117 cm³/mol. The van der Waals surface area contributed by atoms with Gasteiger partial charge in [-0.1, -0.05) is 53.2 Å². The minimum absolute atomic E-state index is 0.0822. The van der Waals surface area contributed by atoms with E-state index in [9.17, 15) is 9.59 Å². The molecule has 0 radical (unpaired) electrons. The quantitative estimate of drug-likeness (QED) is 0.445. The van der Waals surface area contributed by atoms with E-state index in [0.717, 1.165) is 34.9 Å². The molecule has 152 valence electrons. The fourth-order valence-corrected chi connectivity index (χ4v) is 4.76. The number of aryl methyl sites for hydroxylation is 1. The van der Waals surface area contributed by atoms with Crippen molar-refractivity contribution in [2.75, 3.05) is 11.1 Å². The number of fused-ring (bicyclic) bond motifs is 1. The third-order valence-electron chi connectivity index (χ3n) is 5.34. The van der Waals surface area contributed by atoms with Crippen LogP contribution in [0, 0.1) is 6.92 Å². The van der Waals surface area contributed by atoms with Gasteiger partial charge in [0.2, 0.25) is 5.91 Å². The molecule has 6 nitrogen and oxygen atoms in total. The van der Waals surface area contributed by atoms with E-state index in [2.05, 4.69) is 51.3 Å². The summed E-state index contributed by atoms with van der Waals surface area (Å²) < 4.78 is 2.15.